The van der Waals surface area contributed by atoms with Gasteiger partial charge < -0.3 is 20.8 Å². The Morgan fingerprint density at radius 1 is 0.875 bits per heavy atom. The zero-order valence-electron chi connectivity index (χ0n) is 19.2. The first-order chi connectivity index (χ1) is 15.4. The number of phenols is 2. The lowest BCUT2D eigenvalue weighted by Gasteiger charge is -2.26. The SMILES string of the molecule is CCCOOC(C)C(Cc1ccc(O)cc1)NC(=O)NC(CCC)Cc1ccc(O)cc1. The van der Waals surface area contributed by atoms with E-state index in [1.54, 1.807) is 24.3 Å². The minimum atomic E-state index is -0.372. The number of amides is 2. The fraction of sp³-hybridized carbons (Fsp3) is 0.480. The predicted octanol–water partition coefficient (Wildman–Crippen LogP) is 4.47. The Balaban J connectivity index is 2.02. The van der Waals surface area contributed by atoms with Gasteiger partial charge in [0.05, 0.1) is 12.6 Å². The zero-order valence-corrected chi connectivity index (χ0v) is 19.2. The molecule has 176 valence electrons. The molecule has 3 atom stereocenters. The summed E-state index contributed by atoms with van der Waals surface area (Å²) >= 11 is 0. The van der Waals surface area contributed by atoms with E-state index in [1.165, 1.54) is 0 Å². The van der Waals surface area contributed by atoms with E-state index in [0.29, 0.717) is 19.4 Å². The van der Waals surface area contributed by atoms with Gasteiger partial charge in [0.2, 0.25) is 0 Å². The van der Waals surface area contributed by atoms with Gasteiger partial charge in [-0.2, -0.15) is 0 Å². The number of carbonyl (C=O) groups excluding carboxylic acids is 1. The van der Waals surface area contributed by atoms with Crippen molar-refractivity contribution in [1.82, 2.24) is 10.6 Å². The Labute approximate surface area is 190 Å². The Bertz CT molecular complexity index is 795. The first-order valence-corrected chi connectivity index (χ1v) is 11.3. The maximum absolute atomic E-state index is 12.9. The third kappa shape index (κ3) is 9.16. The van der Waals surface area contributed by atoms with Crippen LogP contribution in [0.25, 0.3) is 0 Å². The topological polar surface area (TPSA) is 100 Å². The molecule has 0 saturated heterocycles. The van der Waals surface area contributed by atoms with Crippen molar-refractivity contribution in [3.8, 4) is 11.5 Å². The van der Waals surface area contributed by atoms with Gasteiger partial charge in [-0.25, -0.2) is 14.6 Å². The van der Waals surface area contributed by atoms with Crippen molar-refractivity contribution in [2.75, 3.05) is 6.61 Å². The third-order valence-corrected chi connectivity index (χ3v) is 5.17. The zero-order chi connectivity index (χ0) is 23.3. The predicted molar refractivity (Wildman–Crippen MR) is 125 cm³/mol. The standard InChI is InChI=1S/C25H36N2O5/c1-4-6-21(16-19-7-11-22(28)12-8-19)26-25(30)27-24(18(3)32-31-15-5-2)17-20-9-13-23(29)14-10-20/h7-14,18,21,24,28-29H,4-6,15-17H2,1-3H3,(H2,26,27,30). The van der Waals surface area contributed by atoms with Gasteiger partial charge >= 0.3 is 6.03 Å². The van der Waals surface area contributed by atoms with Gasteiger partial charge in [-0.15, -0.1) is 0 Å². The number of carbonyl (C=O) groups is 1. The highest BCUT2D eigenvalue weighted by atomic mass is 17.2. The molecule has 0 aromatic heterocycles. The molecule has 2 rings (SSSR count). The van der Waals surface area contributed by atoms with Crippen LogP contribution in [0.1, 0.15) is 51.2 Å². The molecular weight excluding hydrogens is 408 g/mol. The normalized spacial score (nSPS) is 13.8. The lowest BCUT2D eigenvalue weighted by molar-refractivity contribution is -0.324. The lowest BCUT2D eigenvalue weighted by Crippen LogP contribution is -2.51. The average molecular weight is 445 g/mol. The molecule has 2 amide bonds. The smallest absolute Gasteiger partial charge is 0.315 e. The molecule has 4 N–H and O–H groups in total. The van der Waals surface area contributed by atoms with Crippen LogP contribution in [0.15, 0.2) is 48.5 Å². The molecule has 0 spiro atoms. The summed E-state index contributed by atoms with van der Waals surface area (Å²) in [6, 6.07) is 13.3. The Hall–Kier alpha value is -2.77. The third-order valence-electron chi connectivity index (χ3n) is 5.17. The minimum absolute atomic E-state index is 0.0357. The second kappa shape index (κ2) is 13.6. The maximum Gasteiger partial charge on any atom is 0.315 e. The molecule has 0 bridgehead atoms. The van der Waals surface area contributed by atoms with Crippen molar-refractivity contribution >= 4 is 6.03 Å². The maximum atomic E-state index is 12.9. The van der Waals surface area contributed by atoms with Crippen LogP contribution >= 0.6 is 0 Å². The lowest BCUT2D eigenvalue weighted by atomic mass is 10.0. The van der Waals surface area contributed by atoms with Crippen LogP contribution in [0.3, 0.4) is 0 Å². The van der Waals surface area contributed by atoms with Crippen molar-refractivity contribution in [2.24, 2.45) is 0 Å². The van der Waals surface area contributed by atoms with Crippen LogP contribution < -0.4 is 10.6 Å². The van der Waals surface area contributed by atoms with E-state index in [9.17, 15) is 15.0 Å². The summed E-state index contributed by atoms with van der Waals surface area (Å²) in [5.74, 6) is 0.422. The van der Waals surface area contributed by atoms with E-state index < -0.39 is 0 Å². The molecule has 7 heteroatoms. The average Bonchev–Trinajstić information content (AvgIpc) is 2.76. The number of aromatic hydroxyl groups is 2. The number of hydrogen-bond acceptors (Lipinski definition) is 5. The second-order valence-electron chi connectivity index (χ2n) is 8.07. The number of rotatable bonds is 13. The van der Waals surface area contributed by atoms with E-state index in [2.05, 4.69) is 17.6 Å². The highest BCUT2D eigenvalue weighted by molar-refractivity contribution is 5.74. The van der Waals surface area contributed by atoms with Crippen LogP contribution in [-0.4, -0.2) is 41.0 Å². The molecule has 0 fully saturated rings. The summed E-state index contributed by atoms with van der Waals surface area (Å²) in [5.41, 5.74) is 2.01. The van der Waals surface area contributed by atoms with Crippen LogP contribution in [0.5, 0.6) is 11.5 Å². The first-order valence-electron chi connectivity index (χ1n) is 11.3. The van der Waals surface area contributed by atoms with E-state index in [0.717, 1.165) is 30.4 Å². The Kier molecular flexibility index (Phi) is 10.8. The van der Waals surface area contributed by atoms with Crippen molar-refractivity contribution in [3.05, 3.63) is 59.7 Å². The van der Waals surface area contributed by atoms with Crippen LogP contribution in [0.2, 0.25) is 0 Å². The van der Waals surface area contributed by atoms with Gasteiger partial charge in [0.15, 0.2) is 0 Å². The molecule has 3 unspecified atom stereocenters. The van der Waals surface area contributed by atoms with E-state index in [4.69, 9.17) is 9.78 Å². The van der Waals surface area contributed by atoms with Gasteiger partial charge in [0, 0.05) is 6.04 Å². The highest BCUT2D eigenvalue weighted by Crippen LogP contribution is 2.15. The van der Waals surface area contributed by atoms with Crippen molar-refractivity contribution in [3.63, 3.8) is 0 Å². The van der Waals surface area contributed by atoms with Gasteiger partial charge in [0.1, 0.15) is 17.6 Å². The molecule has 0 aliphatic rings. The van der Waals surface area contributed by atoms with Crippen molar-refractivity contribution in [2.45, 2.75) is 71.1 Å². The minimum Gasteiger partial charge on any atom is -0.508 e. The van der Waals surface area contributed by atoms with Gasteiger partial charge in [0.25, 0.3) is 0 Å². The first kappa shape index (κ1) is 25.5. The Morgan fingerprint density at radius 2 is 1.44 bits per heavy atom. The fourth-order valence-corrected chi connectivity index (χ4v) is 3.41. The molecular formula is C25H36N2O5. The van der Waals surface area contributed by atoms with Crippen molar-refractivity contribution < 1.29 is 24.8 Å². The quantitative estimate of drug-likeness (QED) is 0.208. The van der Waals surface area contributed by atoms with Gasteiger partial charge in [-0.1, -0.05) is 44.5 Å². The largest absolute Gasteiger partial charge is 0.508 e. The fourth-order valence-electron chi connectivity index (χ4n) is 3.41. The molecule has 0 heterocycles. The molecule has 2 aromatic carbocycles. The van der Waals surface area contributed by atoms with Gasteiger partial charge in [-0.3, -0.25) is 0 Å². The summed E-state index contributed by atoms with van der Waals surface area (Å²) in [6.45, 7) is 6.42. The highest BCUT2D eigenvalue weighted by Gasteiger charge is 2.23. The molecule has 0 aliphatic heterocycles. The van der Waals surface area contributed by atoms with E-state index in [1.807, 2.05) is 38.1 Å². The molecule has 0 saturated carbocycles. The number of nitrogens with one attached hydrogen (secondary N) is 2. The summed E-state index contributed by atoms with van der Waals surface area (Å²) in [6.07, 6.45) is 3.44. The van der Waals surface area contributed by atoms with Crippen LogP contribution in [-0.2, 0) is 22.6 Å². The molecule has 2 aromatic rings. The number of urea groups is 1. The number of hydrogen-bond donors (Lipinski definition) is 4. The number of phenolic OH excluding ortho intramolecular Hbond substituents is 2. The van der Waals surface area contributed by atoms with E-state index >= 15 is 0 Å². The molecule has 0 radical (unpaired) electrons. The summed E-state index contributed by atoms with van der Waals surface area (Å²) < 4.78 is 0. The van der Waals surface area contributed by atoms with Crippen LogP contribution in [0.4, 0.5) is 4.79 Å². The summed E-state index contributed by atoms with van der Waals surface area (Å²) in [4.78, 5) is 23.6. The summed E-state index contributed by atoms with van der Waals surface area (Å²) in [5, 5.41) is 25.1. The molecule has 7 nitrogen and oxygen atoms in total. The second-order valence-corrected chi connectivity index (χ2v) is 8.07. The van der Waals surface area contributed by atoms with Crippen LogP contribution in [0, 0.1) is 0 Å². The summed E-state index contributed by atoms with van der Waals surface area (Å²) in [7, 11) is 0. The van der Waals surface area contributed by atoms with E-state index in [-0.39, 0.29) is 35.7 Å². The molecule has 0 aliphatic carbocycles. The Morgan fingerprint density at radius 3 is 1.97 bits per heavy atom. The molecule has 32 heavy (non-hydrogen) atoms. The van der Waals surface area contributed by atoms with Gasteiger partial charge in [-0.05, 0) is 68.0 Å². The van der Waals surface area contributed by atoms with Crippen molar-refractivity contribution in [1.29, 1.82) is 0 Å². The monoisotopic (exact) mass is 444 g/mol. The number of benzene rings is 2.